The summed E-state index contributed by atoms with van der Waals surface area (Å²) < 4.78 is 5.50. The predicted molar refractivity (Wildman–Crippen MR) is 118 cm³/mol. The number of carbonyl (C=O) groups is 5. The van der Waals surface area contributed by atoms with Crippen LogP contribution in [0.2, 0.25) is 0 Å². The average molecular weight is 456 g/mol. The predicted octanol–water partition coefficient (Wildman–Crippen LogP) is 2.40. The first-order chi connectivity index (χ1) is 15.5. The van der Waals surface area contributed by atoms with Crippen LogP contribution in [-0.4, -0.2) is 52.2 Å². The Kier molecular flexibility index (Phi) is 5.99. The Bertz CT molecular complexity index is 1020. The van der Waals surface area contributed by atoms with Gasteiger partial charge < -0.3 is 10.1 Å². The van der Waals surface area contributed by atoms with Gasteiger partial charge in [-0.05, 0) is 65.0 Å². The molecule has 33 heavy (non-hydrogen) atoms. The van der Waals surface area contributed by atoms with E-state index in [4.69, 9.17) is 4.74 Å². The van der Waals surface area contributed by atoms with Gasteiger partial charge in [0.2, 0.25) is 11.8 Å². The van der Waals surface area contributed by atoms with E-state index >= 15 is 0 Å². The highest BCUT2D eigenvalue weighted by Gasteiger charge is 2.45. The van der Waals surface area contributed by atoms with E-state index in [-0.39, 0.29) is 41.9 Å². The molecule has 0 spiro atoms. The fourth-order valence-corrected chi connectivity index (χ4v) is 4.71. The lowest BCUT2D eigenvalue weighted by atomic mass is 9.85. The first-order valence-electron chi connectivity index (χ1n) is 11.4. The normalized spacial score (nSPS) is 25.5. The number of nitrogens with one attached hydrogen (secondary N) is 2. The number of hydrogen-bond donors (Lipinski definition) is 2. The lowest BCUT2D eigenvalue weighted by Crippen LogP contribution is -2.54. The second kappa shape index (κ2) is 8.61. The van der Waals surface area contributed by atoms with Crippen molar-refractivity contribution in [3.05, 3.63) is 29.3 Å². The molecule has 1 aliphatic carbocycles. The molecule has 3 aliphatic rings. The van der Waals surface area contributed by atoms with Gasteiger partial charge >= 0.3 is 5.97 Å². The Balaban J connectivity index is 1.45. The lowest BCUT2D eigenvalue weighted by Gasteiger charge is -2.31. The van der Waals surface area contributed by atoms with E-state index in [1.54, 1.807) is 18.2 Å². The Hall–Kier alpha value is -3.23. The topological polar surface area (TPSA) is 122 Å². The van der Waals surface area contributed by atoms with Crippen LogP contribution in [0.5, 0.6) is 0 Å². The minimum atomic E-state index is -0.993. The molecule has 1 unspecified atom stereocenters. The molecule has 4 rings (SSSR count). The van der Waals surface area contributed by atoms with Gasteiger partial charge in [0.25, 0.3) is 11.8 Å². The molecule has 1 aromatic carbocycles. The van der Waals surface area contributed by atoms with Crippen molar-refractivity contribution in [1.29, 1.82) is 0 Å². The summed E-state index contributed by atoms with van der Waals surface area (Å²) in [4.78, 5) is 63.3. The largest absolute Gasteiger partial charge is 0.460 e. The van der Waals surface area contributed by atoms with Crippen molar-refractivity contribution < 1.29 is 28.7 Å². The van der Waals surface area contributed by atoms with Gasteiger partial charge in [-0.3, -0.25) is 34.2 Å². The number of fused-ring (bicyclic) bond motifs is 1. The molecule has 176 valence electrons. The summed E-state index contributed by atoms with van der Waals surface area (Å²) in [5.41, 5.74) is 0.526. The average Bonchev–Trinajstić information content (AvgIpc) is 2.99. The zero-order chi connectivity index (χ0) is 23.9. The number of anilines is 1. The Morgan fingerprint density at radius 3 is 2.36 bits per heavy atom. The van der Waals surface area contributed by atoms with Gasteiger partial charge in [0.15, 0.2) is 0 Å². The molecule has 1 saturated heterocycles. The van der Waals surface area contributed by atoms with Crippen molar-refractivity contribution >= 4 is 35.3 Å². The number of piperidine rings is 1. The third-order valence-corrected chi connectivity index (χ3v) is 6.30. The number of ether oxygens (including phenoxy) is 1. The molecule has 9 nitrogen and oxygen atoms in total. The van der Waals surface area contributed by atoms with Crippen molar-refractivity contribution in [1.82, 2.24) is 10.2 Å². The number of amides is 4. The monoisotopic (exact) mass is 455 g/mol. The molecule has 2 fully saturated rings. The third-order valence-electron chi connectivity index (χ3n) is 6.30. The van der Waals surface area contributed by atoms with Crippen molar-refractivity contribution in [3.63, 3.8) is 0 Å². The summed E-state index contributed by atoms with van der Waals surface area (Å²) in [5, 5.41) is 5.58. The van der Waals surface area contributed by atoms with Gasteiger partial charge in [-0.2, -0.15) is 0 Å². The molecule has 0 radical (unpaired) electrons. The third kappa shape index (κ3) is 4.62. The maximum atomic E-state index is 13.2. The quantitative estimate of drug-likeness (QED) is 0.528. The van der Waals surface area contributed by atoms with Crippen molar-refractivity contribution in [2.75, 3.05) is 5.32 Å². The molecule has 1 aromatic rings. The van der Waals surface area contributed by atoms with E-state index in [9.17, 15) is 24.0 Å². The molecule has 1 atom stereocenters. The van der Waals surface area contributed by atoms with Gasteiger partial charge in [-0.15, -0.1) is 0 Å². The van der Waals surface area contributed by atoms with Crippen LogP contribution in [0.4, 0.5) is 5.69 Å². The standard InChI is InChI=1S/C24H29N3O6/c1-24(2,3)33-23(32)13-7-9-14(10-8-13)25-16-6-4-5-15-19(16)22(31)27(21(15)30)17-11-12-18(28)26-20(17)29/h4-6,13-14,17,25H,7-12H2,1-3H3,(H,26,28,29)/t13-,14-,17?. The molecule has 0 bridgehead atoms. The summed E-state index contributed by atoms with van der Waals surface area (Å²) in [6, 6.07) is 4.08. The van der Waals surface area contributed by atoms with Gasteiger partial charge in [0.1, 0.15) is 11.6 Å². The SMILES string of the molecule is CC(C)(C)OC(=O)[C@H]1CC[C@H](Nc2cccc3c2C(=O)N(C2CCC(=O)NC2=O)C3=O)CC1. The number of carbonyl (C=O) groups excluding carboxylic acids is 5. The Labute approximate surface area is 192 Å². The van der Waals surface area contributed by atoms with E-state index in [1.807, 2.05) is 20.8 Å². The van der Waals surface area contributed by atoms with Crippen LogP contribution < -0.4 is 10.6 Å². The van der Waals surface area contributed by atoms with E-state index in [2.05, 4.69) is 10.6 Å². The van der Waals surface area contributed by atoms with Crippen molar-refractivity contribution in [2.24, 2.45) is 5.92 Å². The number of esters is 1. The van der Waals surface area contributed by atoms with Crippen molar-refractivity contribution in [3.8, 4) is 0 Å². The highest BCUT2D eigenvalue weighted by molar-refractivity contribution is 6.25. The molecule has 9 heteroatoms. The maximum Gasteiger partial charge on any atom is 0.309 e. The minimum absolute atomic E-state index is 0.0442. The molecule has 2 aliphatic heterocycles. The van der Waals surface area contributed by atoms with E-state index < -0.39 is 35.3 Å². The van der Waals surface area contributed by atoms with Crippen LogP contribution in [0.3, 0.4) is 0 Å². The molecular formula is C24H29N3O6. The van der Waals surface area contributed by atoms with Crippen LogP contribution in [0.25, 0.3) is 0 Å². The molecule has 4 amide bonds. The van der Waals surface area contributed by atoms with Crippen molar-refractivity contribution in [2.45, 2.75) is 77.0 Å². The summed E-state index contributed by atoms with van der Waals surface area (Å²) in [6.45, 7) is 5.55. The summed E-state index contributed by atoms with van der Waals surface area (Å²) in [5.74, 6) is -2.41. The number of nitrogens with zero attached hydrogens (tertiary/aromatic N) is 1. The summed E-state index contributed by atoms with van der Waals surface area (Å²) >= 11 is 0. The molecule has 0 aromatic heterocycles. The van der Waals surface area contributed by atoms with Gasteiger partial charge in [-0.1, -0.05) is 6.07 Å². The fourth-order valence-electron chi connectivity index (χ4n) is 4.71. The molecule has 2 heterocycles. The highest BCUT2D eigenvalue weighted by atomic mass is 16.6. The highest BCUT2D eigenvalue weighted by Crippen LogP contribution is 2.35. The van der Waals surface area contributed by atoms with Crippen LogP contribution in [0.1, 0.15) is 80.0 Å². The second-order valence-electron chi connectivity index (χ2n) is 9.90. The lowest BCUT2D eigenvalue weighted by molar-refractivity contribution is -0.161. The smallest absolute Gasteiger partial charge is 0.309 e. The number of rotatable bonds is 4. The number of imide groups is 2. The van der Waals surface area contributed by atoms with Gasteiger partial charge in [0, 0.05) is 18.2 Å². The van der Waals surface area contributed by atoms with E-state index in [0.29, 0.717) is 18.5 Å². The van der Waals surface area contributed by atoms with Gasteiger partial charge in [0.05, 0.1) is 17.0 Å². The molecule has 2 N–H and O–H groups in total. The Morgan fingerprint density at radius 1 is 1.03 bits per heavy atom. The van der Waals surface area contributed by atoms with Gasteiger partial charge in [-0.25, -0.2) is 0 Å². The van der Waals surface area contributed by atoms with Crippen LogP contribution >= 0.6 is 0 Å². The second-order valence-corrected chi connectivity index (χ2v) is 9.90. The van der Waals surface area contributed by atoms with E-state index in [0.717, 1.165) is 17.7 Å². The minimum Gasteiger partial charge on any atom is -0.460 e. The maximum absolute atomic E-state index is 13.2. The summed E-state index contributed by atoms with van der Waals surface area (Å²) in [6.07, 6.45) is 3.01. The fraction of sp³-hybridized carbons (Fsp3) is 0.542. The van der Waals surface area contributed by atoms with Crippen LogP contribution in [-0.2, 0) is 19.1 Å². The number of hydrogen-bond acceptors (Lipinski definition) is 7. The Morgan fingerprint density at radius 2 is 1.73 bits per heavy atom. The van der Waals surface area contributed by atoms with Crippen LogP contribution in [0, 0.1) is 5.92 Å². The summed E-state index contributed by atoms with van der Waals surface area (Å²) in [7, 11) is 0. The zero-order valence-electron chi connectivity index (χ0n) is 19.1. The zero-order valence-corrected chi connectivity index (χ0v) is 19.1. The molecular weight excluding hydrogens is 426 g/mol. The van der Waals surface area contributed by atoms with E-state index in [1.165, 1.54) is 0 Å². The van der Waals surface area contributed by atoms with Crippen LogP contribution in [0.15, 0.2) is 18.2 Å². The first-order valence-corrected chi connectivity index (χ1v) is 11.4. The number of benzene rings is 1. The first kappa shape index (κ1) is 22.9. The molecule has 1 saturated carbocycles.